The molecule has 3 rings (SSSR count). The number of ether oxygens (including phenoxy) is 2. The average Bonchev–Trinajstić information content (AvgIpc) is 2.94. The molecule has 7 nitrogen and oxygen atoms in total. The third-order valence-electron chi connectivity index (χ3n) is 5.65. The van der Waals surface area contributed by atoms with Gasteiger partial charge in [-0.15, -0.1) is 0 Å². The lowest BCUT2D eigenvalue weighted by Crippen LogP contribution is -2.34. The molecule has 156 valence electrons. The van der Waals surface area contributed by atoms with Crippen molar-refractivity contribution in [2.45, 2.75) is 77.7 Å². The highest BCUT2D eigenvalue weighted by atomic mass is 16.5. The van der Waals surface area contributed by atoms with Crippen LogP contribution in [0.3, 0.4) is 0 Å². The van der Waals surface area contributed by atoms with Gasteiger partial charge in [-0.1, -0.05) is 26.2 Å². The number of aromatic nitrogens is 2. The number of nitrogens with zero attached hydrogens (tertiary/aromatic N) is 3. The van der Waals surface area contributed by atoms with E-state index in [1.54, 1.807) is 4.90 Å². The number of hydrogen-bond donors (Lipinski definition) is 1. The summed E-state index contributed by atoms with van der Waals surface area (Å²) in [5.41, 5.74) is 6.79. The van der Waals surface area contributed by atoms with Crippen LogP contribution in [0.2, 0.25) is 0 Å². The number of unbranched alkanes of at least 4 members (excludes halogenated alkanes) is 2. The van der Waals surface area contributed by atoms with Gasteiger partial charge < -0.3 is 15.2 Å². The van der Waals surface area contributed by atoms with Crippen LogP contribution in [0.5, 0.6) is 6.01 Å². The molecule has 1 saturated heterocycles. The second kappa shape index (κ2) is 9.07. The zero-order valence-electron chi connectivity index (χ0n) is 17.5. The van der Waals surface area contributed by atoms with Crippen molar-refractivity contribution in [2.24, 2.45) is 5.92 Å². The second-order valence-electron chi connectivity index (χ2n) is 8.58. The zero-order chi connectivity index (χ0) is 20.1. The number of carbonyl (C=O) groups excluding carboxylic acids is 1. The highest BCUT2D eigenvalue weighted by Crippen LogP contribution is 2.34. The molecular formula is C21H34N4O3. The summed E-state index contributed by atoms with van der Waals surface area (Å²) in [5.74, 6) is 1.75. The van der Waals surface area contributed by atoms with E-state index in [2.05, 4.69) is 30.7 Å². The monoisotopic (exact) mass is 390 g/mol. The first-order valence-electron chi connectivity index (χ1n) is 10.6. The smallest absolute Gasteiger partial charge is 0.320 e. The molecule has 0 spiro atoms. The molecule has 1 fully saturated rings. The fraction of sp³-hybridized carbons (Fsp3) is 0.762. The summed E-state index contributed by atoms with van der Waals surface area (Å²) in [7, 11) is 0. The van der Waals surface area contributed by atoms with Crippen molar-refractivity contribution >= 4 is 17.5 Å². The first-order valence-corrected chi connectivity index (χ1v) is 10.6. The van der Waals surface area contributed by atoms with Crippen LogP contribution in [-0.4, -0.2) is 41.2 Å². The lowest BCUT2D eigenvalue weighted by atomic mass is 9.85. The number of amides is 1. The van der Waals surface area contributed by atoms with Crippen molar-refractivity contribution in [3.05, 3.63) is 5.56 Å². The fourth-order valence-electron chi connectivity index (χ4n) is 4.14. The van der Waals surface area contributed by atoms with E-state index in [-0.39, 0.29) is 23.9 Å². The fourth-order valence-corrected chi connectivity index (χ4v) is 4.14. The van der Waals surface area contributed by atoms with Crippen molar-refractivity contribution in [1.29, 1.82) is 0 Å². The Morgan fingerprint density at radius 1 is 1.29 bits per heavy atom. The lowest BCUT2D eigenvalue weighted by molar-refractivity contribution is -0.117. The van der Waals surface area contributed by atoms with Crippen LogP contribution in [0.4, 0.5) is 11.6 Å². The van der Waals surface area contributed by atoms with Gasteiger partial charge in [-0.05, 0) is 45.4 Å². The number of anilines is 2. The molecule has 1 amide bonds. The van der Waals surface area contributed by atoms with Crippen LogP contribution in [0.15, 0.2) is 0 Å². The van der Waals surface area contributed by atoms with Crippen LogP contribution in [0.1, 0.15) is 71.3 Å². The van der Waals surface area contributed by atoms with Gasteiger partial charge in [-0.3, -0.25) is 9.69 Å². The Balaban J connectivity index is 1.54. The van der Waals surface area contributed by atoms with E-state index in [4.69, 9.17) is 15.2 Å². The minimum Gasteiger partial charge on any atom is -0.463 e. The minimum absolute atomic E-state index is 0.00456. The van der Waals surface area contributed by atoms with Gasteiger partial charge in [0.25, 0.3) is 0 Å². The number of hydrogen-bond acceptors (Lipinski definition) is 6. The number of nitrogen functional groups attached to an aromatic ring is 1. The van der Waals surface area contributed by atoms with Crippen LogP contribution in [-0.2, 0) is 16.0 Å². The Bertz CT molecular complexity index is 692. The van der Waals surface area contributed by atoms with Crippen LogP contribution < -0.4 is 15.4 Å². The summed E-state index contributed by atoms with van der Waals surface area (Å²) in [6, 6.07) is 0.272. The standard InChI is InChI=1S/C21H34N4O3/c1-4-5-11-27-20-23-18(22)16-13-17(26)25(19(16)24-20)10-7-6-8-15-9-12-28-21(2,3)14-15/h15H,4-14H2,1-3H3,(H2,22,23,24). The van der Waals surface area contributed by atoms with E-state index >= 15 is 0 Å². The highest BCUT2D eigenvalue weighted by Gasteiger charge is 2.32. The van der Waals surface area contributed by atoms with Crippen molar-refractivity contribution in [3.8, 4) is 6.01 Å². The largest absolute Gasteiger partial charge is 0.463 e. The quantitative estimate of drug-likeness (QED) is 0.649. The molecule has 1 aromatic rings. The number of rotatable bonds is 9. The maximum absolute atomic E-state index is 12.5. The summed E-state index contributed by atoms with van der Waals surface area (Å²) in [5, 5.41) is 0. The topological polar surface area (TPSA) is 90.6 Å². The number of carbonyl (C=O) groups is 1. The molecule has 7 heteroatoms. The third kappa shape index (κ3) is 5.13. The second-order valence-corrected chi connectivity index (χ2v) is 8.58. The van der Waals surface area contributed by atoms with Gasteiger partial charge in [0, 0.05) is 18.7 Å². The van der Waals surface area contributed by atoms with Crippen molar-refractivity contribution < 1.29 is 14.3 Å². The van der Waals surface area contributed by atoms with Crippen molar-refractivity contribution in [3.63, 3.8) is 0 Å². The average molecular weight is 391 g/mol. The van der Waals surface area contributed by atoms with Crippen molar-refractivity contribution in [2.75, 3.05) is 30.4 Å². The summed E-state index contributed by atoms with van der Waals surface area (Å²) < 4.78 is 11.4. The van der Waals surface area contributed by atoms with Crippen LogP contribution >= 0.6 is 0 Å². The zero-order valence-corrected chi connectivity index (χ0v) is 17.5. The first kappa shape index (κ1) is 20.8. The Morgan fingerprint density at radius 3 is 2.86 bits per heavy atom. The molecule has 2 aliphatic heterocycles. The predicted octanol–water partition coefficient (Wildman–Crippen LogP) is 3.50. The van der Waals surface area contributed by atoms with Gasteiger partial charge in [-0.25, -0.2) is 0 Å². The Labute approximate surface area is 168 Å². The number of nitrogens with two attached hydrogens (primary N) is 1. The van der Waals surface area contributed by atoms with Gasteiger partial charge in [0.05, 0.1) is 18.6 Å². The van der Waals surface area contributed by atoms with E-state index in [1.165, 1.54) is 6.42 Å². The van der Waals surface area contributed by atoms with Gasteiger partial charge in [0.15, 0.2) is 0 Å². The SMILES string of the molecule is CCCCOc1nc(N)c2c(n1)N(CCCCC1CCOC(C)(C)C1)C(=O)C2. The van der Waals surface area contributed by atoms with E-state index in [0.29, 0.717) is 30.7 Å². The molecule has 1 atom stereocenters. The van der Waals surface area contributed by atoms with Crippen LogP contribution in [0.25, 0.3) is 0 Å². The molecule has 2 N–H and O–H groups in total. The van der Waals surface area contributed by atoms with Crippen molar-refractivity contribution in [1.82, 2.24) is 9.97 Å². The third-order valence-corrected chi connectivity index (χ3v) is 5.65. The molecule has 1 unspecified atom stereocenters. The molecule has 3 heterocycles. The first-order chi connectivity index (χ1) is 13.4. The molecule has 0 bridgehead atoms. The van der Waals surface area contributed by atoms with E-state index in [1.807, 2.05) is 0 Å². The van der Waals surface area contributed by atoms with E-state index in [9.17, 15) is 4.79 Å². The summed E-state index contributed by atoms with van der Waals surface area (Å²) in [6.07, 6.45) is 7.74. The van der Waals surface area contributed by atoms with Gasteiger partial charge >= 0.3 is 6.01 Å². The molecule has 0 saturated carbocycles. The minimum atomic E-state index is -0.00456. The molecule has 0 radical (unpaired) electrons. The van der Waals surface area contributed by atoms with Gasteiger partial charge in [0.2, 0.25) is 5.91 Å². The summed E-state index contributed by atoms with van der Waals surface area (Å²) >= 11 is 0. The van der Waals surface area contributed by atoms with Gasteiger partial charge in [0.1, 0.15) is 11.6 Å². The summed E-state index contributed by atoms with van der Waals surface area (Å²) in [4.78, 5) is 22.9. The highest BCUT2D eigenvalue weighted by molar-refractivity contribution is 6.01. The molecule has 1 aromatic heterocycles. The molecular weight excluding hydrogens is 356 g/mol. The van der Waals surface area contributed by atoms with E-state index in [0.717, 1.165) is 50.7 Å². The predicted molar refractivity (Wildman–Crippen MR) is 110 cm³/mol. The normalized spacial score (nSPS) is 21.0. The Hall–Kier alpha value is -1.89. The van der Waals surface area contributed by atoms with E-state index < -0.39 is 0 Å². The Kier molecular flexibility index (Phi) is 6.75. The number of fused-ring (bicyclic) bond motifs is 1. The Morgan fingerprint density at radius 2 is 2.11 bits per heavy atom. The molecule has 0 aliphatic carbocycles. The summed E-state index contributed by atoms with van der Waals surface area (Å²) in [6.45, 7) is 8.52. The lowest BCUT2D eigenvalue weighted by Gasteiger charge is -2.35. The maximum Gasteiger partial charge on any atom is 0.320 e. The van der Waals surface area contributed by atoms with Crippen LogP contribution in [0, 0.1) is 5.92 Å². The maximum atomic E-state index is 12.5. The van der Waals surface area contributed by atoms with Gasteiger partial charge in [-0.2, -0.15) is 9.97 Å². The molecule has 28 heavy (non-hydrogen) atoms. The molecule has 2 aliphatic rings. The molecule has 0 aromatic carbocycles.